The molecule has 0 saturated carbocycles. The molecule has 3 saturated heterocycles. The molecule has 3 heterocycles. The molecule has 3 rings (SSSR count). The van der Waals surface area contributed by atoms with Crippen molar-refractivity contribution in [2.75, 3.05) is 32.8 Å². The van der Waals surface area contributed by atoms with Crippen molar-refractivity contribution in [1.29, 1.82) is 0 Å². The number of rotatable bonds is 3. The molecule has 0 bridgehead atoms. The lowest BCUT2D eigenvalue weighted by Crippen LogP contribution is -2.52. The van der Waals surface area contributed by atoms with Crippen molar-refractivity contribution in [3.63, 3.8) is 0 Å². The van der Waals surface area contributed by atoms with Crippen LogP contribution in [0.15, 0.2) is 0 Å². The lowest BCUT2D eigenvalue weighted by Gasteiger charge is -2.35. The number of carbonyl (C=O) groups is 2. The number of carboxylic acids is 1. The highest BCUT2D eigenvalue weighted by atomic mass is 16.5. The summed E-state index contributed by atoms with van der Waals surface area (Å²) in [7, 11) is 0. The Bertz CT molecular complexity index is 417. The molecule has 3 aliphatic rings. The Balaban J connectivity index is 1.46. The van der Waals surface area contributed by atoms with E-state index in [2.05, 4.69) is 10.2 Å². The van der Waals surface area contributed by atoms with Crippen LogP contribution in [0.25, 0.3) is 0 Å². The van der Waals surface area contributed by atoms with Gasteiger partial charge in [0.25, 0.3) is 0 Å². The predicted octanol–water partition coefficient (Wildman–Crippen LogP) is 0.108. The van der Waals surface area contributed by atoms with Crippen LogP contribution in [0, 0.1) is 0 Å². The lowest BCUT2D eigenvalue weighted by atomic mass is 10.2. The summed E-state index contributed by atoms with van der Waals surface area (Å²) in [6, 6.07) is -0.417. The van der Waals surface area contributed by atoms with E-state index in [4.69, 9.17) is 9.84 Å². The van der Waals surface area contributed by atoms with Crippen molar-refractivity contribution < 1.29 is 19.4 Å². The number of aliphatic carboxylic acids is 1. The normalized spacial score (nSPS) is 33.0. The number of likely N-dealkylation sites (tertiary alicyclic amines) is 1. The molecule has 0 spiro atoms. The fraction of sp³-hybridized carbons (Fsp3) is 0.857. The molecule has 0 aromatic rings. The minimum absolute atomic E-state index is 0.00850. The summed E-state index contributed by atoms with van der Waals surface area (Å²) in [6.07, 6.45) is 3.72. The number of ether oxygens (including phenoxy) is 1. The molecule has 3 atom stereocenters. The summed E-state index contributed by atoms with van der Waals surface area (Å²) in [4.78, 5) is 27.1. The summed E-state index contributed by atoms with van der Waals surface area (Å²) < 4.78 is 5.79. The number of amides is 2. The second-order valence-electron chi connectivity index (χ2n) is 6.12. The summed E-state index contributed by atoms with van der Waals surface area (Å²) >= 11 is 0. The standard InChI is InChI=1S/C14H23N3O4/c18-13(19)12-4-2-6-17(12)14(20)15-7-11-8-16-5-1-3-10(16)9-21-11/h10-12H,1-9H2,(H,15,20)(H,18,19)/t10?,11?,12-/m0/s1. The van der Waals surface area contributed by atoms with Gasteiger partial charge in [-0.2, -0.15) is 0 Å². The molecule has 0 radical (unpaired) electrons. The van der Waals surface area contributed by atoms with E-state index in [-0.39, 0.29) is 12.1 Å². The Morgan fingerprint density at radius 2 is 2.05 bits per heavy atom. The zero-order chi connectivity index (χ0) is 14.8. The van der Waals surface area contributed by atoms with Crippen LogP contribution in [0.4, 0.5) is 4.79 Å². The molecule has 7 nitrogen and oxygen atoms in total. The second-order valence-corrected chi connectivity index (χ2v) is 6.12. The number of morpholine rings is 1. The Kier molecular flexibility index (Phi) is 4.30. The Morgan fingerprint density at radius 1 is 1.24 bits per heavy atom. The van der Waals surface area contributed by atoms with Gasteiger partial charge in [-0.3, -0.25) is 4.90 Å². The van der Waals surface area contributed by atoms with Crippen LogP contribution in [0.1, 0.15) is 25.7 Å². The third-order valence-corrected chi connectivity index (χ3v) is 4.74. The molecule has 118 valence electrons. The molecule has 2 unspecified atom stereocenters. The van der Waals surface area contributed by atoms with Crippen LogP contribution < -0.4 is 5.32 Å². The van der Waals surface area contributed by atoms with Gasteiger partial charge in [0, 0.05) is 25.7 Å². The molecule has 0 aromatic heterocycles. The van der Waals surface area contributed by atoms with Gasteiger partial charge in [-0.05, 0) is 32.2 Å². The van der Waals surface area contributed by atoms with Gasteiger partial charge in [-0.15, -0.1) is 0 Å². The van der Waals surface area contributed by atoms with Crippen LogP contribution in [0.5, 0.6) is 0 Å². The van der Waals surface area contributed by atoms with Crippen LogP contribution in [-0.4, -0.2) is 77.9 Å². The van der Waals surface area contributed by atoms with Gasteiger partial charge in [0.2, 0.25) is 0 Å². The van der Waals surface area contributed by atoms with Gasteiger partial charge in [0.15, 0.2) is 0 Å². The van der Waals surface area contributed by atoms with Gasteiger partial charge >= 0.3 is 12.0 Å². The number of fused-ring (bicyclic) bond motifs is 1. The van der Waals surface area contributed by atoms with Crippen LogP contribution in [0.3, 0.4) is 0 Å². The monoisotopic (exact) mass is 297 g/mol. The lowest BCUT2D eigenvalue weighted by molar-refractivity contribution is -0.141. The quantitative estimate of drug-likeness (QED) is 0.772. The average Bonchev–Trinajstić information content (AvgIpc) is 3.12. The summed E-state index contributed by atoms with van der Waals surface area (Å²) in [5.74, 6) is -0.920. The minimum Gasteiger partial charge on any atom is -0.480 e. The summed E-state index contributed by atoms with van der Waals surface area (Å²) in [5.41, 5.74) is 0. The molecule has 0 aromatic carbocycles. The van der Waals surface area contributed by atoms with E-state index in [1.165, 1.54) is 17.7 Å². The highest BCUT2D eigenvalue weighted by molar-refractivity contribution is 5.83. The van der Waals surface area contributed by atoms with Crippen molar-refractivity contribution in [2.45, 2.75) is 43.9 Å². The van der Waals surface area contributed by atoms with E-state index in [0.717, 1.165) is 26.1 Å². The third kappa shape index (κ3) is 3.13. The molecular formula is C14H23N3O4. The van der Waals surface area contributed by atoms with Crippen molar-refractivity contribution in [3.05, 3.63) is 0 Å². The number of carboxylic acid groups (broad SMARTS) is 1. The van der Waals surface area contributed by atoms with Crippen LogP contribution in [-0.2, 0) is 9.53 Å². The van der Waals surface area contributed by atoms with Crippen molar-refractivity contribution >= 4 is 12.0 Å². The van der Waals surface area contributed by atoms with E-state index in [1.807, 2.05) is 0 Å². The number of hydrogen-bond acceptors (Lipinski definition) is 4. The molecule has 0 aliphatic carbocycles. The third-order valence-electron chi connectivity index (χ3n) is 4.74. The van der Waals surface area contributed by atoms with Crippen molar-refractivity contribution in [3.8, 4) is 0 Å². The molecule has 3 fully saturated rings. The summed E-state index contributed by atoms with van der Waals surface area (Å²) in [6.45, 7) is 3.68. The average molecular weight is 297 g/mol. The Hall–Kier alpha value is -1.34. The molecule has 3 aliphatic heterocycles. The first-order chi connectivity index (χ1) is 10.1. The minimum atomic E-state index is -0.920. The van der Waals surface area contributed by atoms with Gasteiger partial charge in [-0.25, -0.2) is 9.59 Å². The Labute approximate surface area is 124 Å². The van der Waals surface area contributed by atoms with Gasteiger partial charge in [0.1, 0.15) is 6.04 Å². The Morgan fingerprint density at radius 3 is 2.86 bits per heavy atom. The first kappa shape index (κ1) is 14.6. The van der Waals surface area contributed by atoms with Gasteiger partial charge in [0.05, 0.1) is 12.7 Å². The smallest absolute Gasteiger partial charge is 0.326 e. The number of hydrogen-bond donors (Lipinski definition) is 2. The van der Waals surface area contributed by atoms with Crippen molar-refractivity contribution in [2.24, 2.45) is 0 Å². The van der Waals surface area contributed by atoms with E-state index in [1.54, 1.807) is 0 Å². The fourth-order valence-corrected chi connectivity index (χ4v) is 3.58. The number of carbonyl (C=O) groups excluding carboxylic acids is 1. The number of urea groups is 1. The van der Waals surface area contributed by atoms with E-state index in [9.17, 15) is 9.59 Å². The topological polar surface area (TPSA) is 82.1 Å². The molecule has 2 N–H and O–H groups in total. The van der Waals surface area contributed by atoms with Crippen LogP contribution in [0.2, 0.25) is 0 Å². The number of nitrogens with one attached hydrogen (secondary N) is 1. The van der Waals surface area contributed by atoms with Crippen LogP contribution >= 0.6 is 0 Å². The van der Waals surface area contributed by atoms with E-state index < -0.39 is 12.0 Å². The van der Waals surface area contributed by atoms with Gasteiger partial charge < -0.3 is 20.1 Å². The van der Waals surface area contributed by atoms with E-state index in [0.29, 0.717) is 25.6 Å². The zero-order valence-corrected chi connectivity index (χ0v) is 12.2. The molecule has 7 heteroatoms. The maximum Gasteiger partial charge on any atom is 0.326 e. The number of nitrogens with zero attached hydrogens (tertiary/aromatic N) is 2. The fourth-order valence-electron chi connectivity index (χ4n) is 3.58. The molecule has 2 amide bonds. The molecule has 21 heavy (non-hydrogen) atoms. The summed E-state index contributed by atoms with van der Waals surface area (Å²) in [5, 5.41) is 11.9. The highest BCUT2D eigenvalue weighted by Gasteiger charge is 2.35. The zero-order valence-electron chi connectivity index (χ0n) is 12.2. The first-order valence-electron chi connectivity index (χ1n) is 7.78. The SMILES string of the molecule is O=C(O)[C@@H]1CCCN1C(=O)NCC1CN2CCCC2CO1. The van der Waals surface area contributed by atoms with E-state index >= 15 is 0 Å². The van der Waals surface area contributed by atoms with Gasteiger partial charge in [-0.1, -0.05) is 0 Å². The second kappa shape index (κ2) is 6.19. The maximum absolute atomic E-state index is 12.1. The molecular weight excluding hydrogens is 274 g/mol. The predicted molar refractivity (Wildman–Crippen MR) is 75.1 cm³/mol. The largest absolute Gasteiger partial charge is 0.480 e. The first-order valence-corrected chi connectivity index (χ1v) is 7.78. The van der Waals surface area contributed by atoms with Crippen molar-refractivity contribution in [1.82, 2.24) is 15.1 Å². The maximum atomic E-state index is 12.1. The highest BCUT2D eigenvalue weighted by Crippen LogP contribution is 2.22.